The van der Waals surface area contributed by atoms with Gasteiger partial charge < -0.3 is 21.1 Å². The molecule has 0 aromatic carbocycles. The van der Waals surface area contributed by atoms with Crippen LogP contribution in [0.1, 0.15) is 6.42 Å². The summed E-state index contributed by atoms with van der Waals surface area (Å²) in [6.45, 7) is 1.95. The van der Waals surface area contributed by atoms with Crippen molar-refractivity contribution in [3.8, 4) is 0 Å². The molecule has 0 heterocycles. The van der Waals surface area contributed by atoms with Gasteiger partial charge in [-0.1, -0.05) is 0 Å². The minimum Gasteiger partial charge on any atom is -0.394 e. The number of allylic oxidation sites excluding steroid dienone is 1. The standard InChI is InChI=1S/C8H4F13.C4H11NO3.C3H5.Sn/c1-2-3(9,10)4(11,12)5(13,14)6(15,16)7(17,18)8(19,20)21;5-4(1-6,2-7)3-8;1-3-2;/h1-2H2;6-8H,1-3,5H2;3H,1-2H2;. The second kappa shape index (κ2) is 11.9. The zero-order valence-corrected chi connectivity index (χ0v) is 19.2. The monoisotopic (exact) mass is 629 g/mol. The Hall–Kier alpha value is -0.531. The topological polar surface area (TPSA) is 86.7 Å². The maximum atomic E-state index is 13.3. The van der Waals surface area contributed by atoms with Gasteiger partial charge in [-0.15, -0.1) is 0 Å². The Labute approximate surface area is 188 Å². The third-order valence-corrected chi connectivity index (χ3v) is 7.22. The predicted molar refractivity (Wildman–Crippen MR) is 89.1 cm³/mol. The van der Waals surface area contributed by atoms with Crippen molar-refractivity contribution in [2.75, 3.05) is 19.8 Å². The SMILES string of the molecule is C=C[CH2][Sn][CH2]CC(F)(F)C(F)(F)C(F)(F)C(F)(F)C(F)(F)C(F)(F)F.NC(CO)(CO)CO. The molecule has 33 heavy (non-hydrogen) atoms. The summed E-state index contributed by atoms with van der Waals surface area (Å²) in [6.07, 6.45) is -8.23. The summed E-state index contributed by atoms with van der Waals surface area (Å²) in [5.41, 5.74) is 3.94. The van der Waals surface area contributed by atoms with Crippen molar-refractivity contribution >= 4 is 21.1 Å². The molecule has 0 bridgehead atoms. The Morgan fingerprint density at radius 2 is 1.03 bits per heavy atom. The first kappa shape index (κ1) is 34.6. The van der Waals surface area contributed by atoms with Crippen LogP contribution in [0.4, 0.5) is 57.1 Å². The molecular weight excluding hydrogens is 608 g/mol. The Kier molecular flexibility index (Phi) is 12.5. The molecule has 5 N–H and O–H groups in total. The van der Waals surface area contributed by atoms with Crippen LogP contribution in [-0.2, 0) is 0 Å². The molecule has 198 valence electrons. The minimum atomic E-state index is -7.81. The van der Waals surface area contributed by atoms with Gasteiger partial charge in [-0.2, -0.15) is 0 Å². The molecule has 4 nitrogen and oxygen atoms in total. The van der Waals surface area contributed by atoms with Gasteiger partial charge in [0.25, 0.3) is 0 Å². The molecule has 0 saturated heterocycles. The van der Waals surface area contributed by atoms with Crippen molar-refractivity contribution in [1.82, 2.24) is 0 Å². The van der Waals surface area contributed by atoms with Gasteiger partial charge >= 0.3 is 142 Å². The van der Waals surface area contributed by atoms with E-state index < -0.39 is 93.1 Å². The zero-order chi connectivity index (χ0) is 27.2. The fourth-order valence-corrected chi connectivity index (χ4v) is 4.12. The van der Waals surface area contributed by atoms with E-state index in [-0.39, 0.29) is 4.44 Å². The van der Waals surface area contributed by atoms with Crippen LogP contribution in [0, 0.1) is 0 Å². The van der Waals surface area contributed by atoms with Crippen LogP contribution in [0.5, 0.6) is 0 Å². The van der Waals surface area contributed by atoms with Crippen LogP contribution in [0.25, 0.3) is 0 Å². The molecule has 0 unspecified atom stereocenters. The van der Waals surface area contributed by atoms with Gasteiger partial charge in [-0.25, -0.2) is 0 Å². The van der Waals surface area contributed by atoms with E-state index >= 15 is 0 Å². The number of hydrogen-bond acceptors (Lipinski definition) is 4. The molecule has 0 aromatic heterocycles. The van der Waals surface area contributed by atoms with E-state index in [4.69, 9.17) is 21.1 Å². The van der Waals surface area contributed by atoms with E-state index in [1.807, 2.05) is 0 Å². The van der Waals surface area contributed by atoms with Gasteiger partial charge in [0.15, 0.2) is 0 Å². The molecule has 18 heteroatoms. The molecule has 0 atom stereocenters. The number of aliphatic hydroxyl groups excluding tert-OH is 3. The summed E-state index contributed by atoms with van der Waals surface area (Å²) in [7, 11) is 0. The van der Waals surface area contributed by atoms with Crippen molar-refractivity contribution in [1.29, 1.82) is 0 Å². The van der Waals surface area contributed by atoms with Gasteiger partial charge in [-0.3, -0.25) is 0 Å². The molecule has 0 saturated carbocycles. The maximum absolute atomic E-state index is 13.3. The van der Waals surface area contributed by atoms with Crippen LogP contribution >= 0.6 is 0 Å². The third kappa shape index (κ3) is 7.47. The van der Waals surface area contributed by atoms with Gasteiger partial charge in [0.2, 0.25) is 0 Å². The summed E-state index contributed by atoms with van der Waals surface area (Å²) in [5, 5.41) is 25.0. The van der Waals surface area contributed by atoms with E-state index in [1.165, 1.54) is 6.08 Å². The molecule has 0 aromatic rings. The molecule has 0 spiro atoms. The van der Waals surface area contributed by atoms with Crippen molar-refractivity contribution in [3.63, 3.8) is 0 Å². The van der Waals surface area contributed by atoms with E-state index in [9.17, 15) is 57.1 Å². The molecule has 0 aliphatic carbocycles. The Morgan fingerprint density at radius 1 is 0.667 bits per heavy atom. The Morgan fingerprint density at radius 3 is 1.30 bits per heavy atom. The van der Waals surface area contributed by atoms with E-state index in [1.54, 1.807) is 0 Å². The first-order valence-electron chi connectivity index (χ1n) is 8.38. The van der Waals surface area contributed by atoms with E-state index in [0.717, 1.165) is 0 Å². The van der Waals surface area contributed by atoms with E-state index in [0.29, 0.717) is 0 Å². The number of alkyl halides is 13. The van der Waals surface area contributed by atoms with Crippen molar-refractivity contribution in [2.24, 2.45) is 5.73 Å². The molecule has 0 aliphatic rings. The predicted octanol–water partition coefficient (Wildman–Crippen LogP) is 3.50. The number of rotatable bonds is 12. The molecule has 0 aliphatic heterocycles. The van der Waals surface area contributed by atoms with Gasteiger partial charge in [0, 0.05) is 0 Å². The number of hydrogen-bond donors (Lipinski definition) is 4. The first-order chi connectivity index (χ1) is 14.5. The van der Waals surface area contributed by atoms with Crippen LogP contribution < -0.4 is 5.73 Å². The fraction of sp³-hybridized carbons (Fsp3) is 0.867. The molecule has 0 fully saturated rings. The van der Waals surface area contributed by atoms with Crippen molar-refractivity contribution < 1.29 is 72.4 Å². The quantitative estimate of drug-likeness (QED) is 0.116. The average Bonchev–Trinajstić information content (AvgIpc) is 2.69. The van der Waals surface area contributed by atoms with Crippen LogP contribution in [-0.4, -0.2) is 97.6 Å². The second-order valence-corrected chi connectivity index (χ2v) is 10.6. The van der Waals surface area contributed by atoms with Gasteiger partial charge in [0.1, 0.15) is 0 Å². The fourth-order valence-electron chi connectivity index (χ4n) is 1.56. The first-order valence-corrected chi connectivity index (χ1v) is 12.4. The molecule has 2 radical (unpaired) electrons. The number of nitrogens with two attached hydrogens (primary N) is 1. The third-order valence-electron chi connectivity index (χ3n) is 3.85. The van der Waals surface area contributed by atoms with Crippen molar-refractivity contribution in [2.45, 2.75) is 56.6 Å². The van der Waals surface area contributed by atoms with Crippen LogP contribution in [0.2, 0.25) is 8.87 Å². The normalized spacial score (nSPS) is 14.6. The number of halogens is 13. The van der Waals surface area contributed by atoms with Crippen LogP contribution in [0.3, 0.4) is 0 Å². The van der Waals surface area contributed by atoms with Gasteiger partial charge in [0.05, 0.1) is 25.4 Å². The van der Waals surface area contributed by atoms with Crippen molar-refractivity contribution in [3.05, 3.63) is 12.7 Å². The Balaban J connectivity index is 0. The average molecular weight is 628 g/mol. The molecule has 0 rings (SSSR count). The molecular formula is C15H20F13NO3Sn. The van der Waals surface area contributed by atoms with E-state index in [2.05, 4.69) is 6.58 Å². The second-order valence-electron chi connectivity index (χ2n) is 6.58. The van der Waals surface area contributed by atoms with Crippen LogP contribution in [0.15, 0.2) is 12.7 Å². The Bertz CT molecular complexity index is 602. The minimum absolute atomic E-state index is 0.129. The summed E-state index contributed by atoms with van der Waals surface area (Å²) >= 11 is -1.82. The maximum Gasteiger partial charge on any atom is 0.0856 e. The zero-order valence-electron chi connectivity index (χ0n) is 16.4. The smallest absolute Gasteiger partial charge is 0.0856 e. The molecule has 0 amide bonds. The largest absolute Gasteiger partial charge is 0.394 e. The number of aliphatic hydroxyl groups is 3. The summed E-state index contributed by atoms with van der Waals surface area (Å²) in [5.74, 6) is -36.2. The summed E-state index contributed by atoms with van der Waals surface area (Å²) < 4.78 is 165. The summed E-state index contributed by atoms with van der Waals surface area (Å²) in [4.78, 5) is 0. The summed E-state index contributed by atoms with van der Waals surface area (Å²) in [6, 6.07) is 0. The van der Waals surface area contributed by atoms with Gasteiger partial charge in [-0.05, 0) is 0 Å².